The summed E-state index contributed by atoms with van der Waals surface area (Å²) in [5, 5.41) is 41.0. The molecule has 0 radical (unpaired) electrons. The third-order valence-corrected chi connectivity index (χ3v) is 11.7. The van der Waals surface area contributed by atoms with Crippen LogP contribution in [0.1, 0.15) is 83.5 Å². The summed E-state index contributed by atoms with van der Waals surface area (Å²) in [5.74, 6) is -7.14. The molecule has 0 saturated carbocycles. The van der Waals surface area contributed by atoms with E-state index in [0.717, 1.165) is 6.92 Å². The van der Waals surface area contributed by atoms with E-state index in [4.69, 9.17) is 27.1 Å². The molecule has 8 unspecified atom stereocenters. The Morgan fingerprint density at radius 1 is 0.789 bits per heavy atom. The van der Waals surface area contributed by atoms with Crippen molar-refractivity contribution in [2.75, 3.05) is 13.1 Å². The van der Waals surface area contributed by atoms with Gasteiger partial charge in [-0.15, -0.1) is 0 Å². The number of nitrogens with zero attached hydrogens (tertiary/aromatic N) is 3. The van der Waals surface area contributed by atoms with E-state index >= 15 is 0 Å². The predicted molar refractivity (Wildman–Crippen MR) is 262 cm³/mol. The third kappa shape index (κ3) is 19.4. The number of phenolic OH excluding ortho intramolecular Hbond substituents is 1. The number of aromatic amines is 1. The van der Waals surface area contributed by atoms with Gasteiger partial charge < -0.3 is 69.0 Å². The number of aliphatic imine (C=N–C) groups is 1. The standard InChI is InChI=1S/C46H66N12O9.C2H4O2/c1-5-27(4)38(57-40(61)33(21-29-15-17-31(59)18-16-29)53-42(63)37(26(2)3)56-39(60)32(47)13-9-19-51-46(48)49)43(64)54-34(23-30-24-50-25-52-30)44(65)58-20-10-14-36(58)41(62)55-35(45(66)67)22-28-11-7-6-8-12-28;1-2(3)4/h6-8,11-12,15-18,24-27,32-38,59H,5,9-10,13-14,19-23,47H2,1-4H3,(H,50,52)(H,53,63)(H,54,64)(H,55,62)(H,56,60)(H,57,61)(H,66,67)(H4,48,49,51);1H3,(H,3,4). The maximum absolute atomic E-state index is 14.5. The minimum absolute atomic E-state index is 0.0212. The number of aliphatic carboxylic acids is 2. The summed E-state index contributed by atoms with van der Waals surface area (Å²) in [4.78, 5) is 118. The first-order chi connectivity index (χ1) is 33.6. The topological polar surface area (TPSA) is 380 Å². The van der Waals surface area contributed by atoms with Crippen molar-refractivity contribution in [3.05, 3.63) is 83.9 Å². The molecule has 1 aliphatic rings. The largest absolute Gasteiger partial charge is 0.508 e. The van der Waals surface area contributed by atoms with Gasteiger partial charge in [-0.3, -0.25) is 38.6 Å². The molecule has 15 N–H and O–H groups in total. The number of benzene rings is 2. The molecule has 1 aromatic heterocycles. The Morgan fingerprint density at radius 2 is 1.38 bits per heavy atom. The molecule has 1 aliphatic heterocycles. The molecule has 0 spiro atoms. The van der Waals surface area contributed by atoms with E-state index in [2.05, 4.69) is 41.5 Å². The summed E-state index contributed by atoms with van der Waals surface area (Å²) in [6.45, 7) is 8.48. The van der Waals surface area contributed by atoms with Gasteiger partial charge in [-0.05, 0) is 60.8 Å². The second kappa shape index (κ2) is 28.8. The molecule has 0 bridgehead atoms. The molecule has 8 atom stereocenters. The van der Waals surface area contributed by atoms with E-state index in [1.807, 2.05) is 6.92 Å². The molecule has 0 aliphatic carbocycles. The third-order valence-electron chi connectivity index (χ3n) is 11.7. The molecule has 71 heavy (non-hydrogen) atoms. The number of nitrogens with one attached hydrogen (secondary N) is 6. The summed E-state index contributed by atoms with van der Waals surface area (Å²) < 4.78 is 0. The molecule has 388 valence electrons. The van der Waals surface area contributed by atoms with Crippen molar-refractivity contribution in [3.63, 3.8) is 0 Å². The first-order valence-electron chi connectivity index (χ1n) is 23.5. The molecule has 23 nitrogen and oxygen atoms in total. The lowest BCUT2D eigenvalue weighted by molar-refractivity contribution is -0.145. The number of likely N-dealkylation sites (tertiary alicyclic amines) is 1. The quantitative estimate of drug-likeness (QED) is 0.0298. The average molecular weight is 991 g/mol. The average Bonchev–Trinajstić information content (AvgIpc) is 4.04. The van der Waals surface area contributed by atoms with Crippen LogP contribution in [0.25, 0.3) is 0 Å². The summed E-state index contributed by atoms with van der Waals surface area (Å²) >= 11 is 0. The van der Waals surface area contributed by atoms with Crippen molar-refractivity contribution >= 4 is 53.3 Å². The summed E-state index contributed by atoms with van der Waals surface area (Å²) in [7, 11) is 0. The van der Waals surface area contributed by atoms with Crippen LogP contribution < -0.4 is 43.8 Å². The number of phenols is 1. The number of carbonyl (C=O) groups excluding carboxylic acids is 6. The first-order valence-corrected chi connectivity index (χ1v) is 23.5. The lowest BCUT2D eigenvalue weighted by atomic mass is 9.96. The Bertz CT molecular complexity index is 2250. The summed E-state index contributed by atoms with van der Waals surface area (Å²) in [5.41, 5.74) is 18.6. The number of H-pyrrole nitrogens is 1. The maximum Gasteiger partial charge on any atom is 0.326 e. The number of carboxylic acids is 2. The molecule has 2 aromatic carbocycles. The molecular weight excluding hydrogens is 921 g/mol. The van der Waals surface area contributed by atoms with Crippen molar-refractivity contribution in [3.8, 4) is 5.75 Å². The normalized spacial score (nSPS) is 16.0. The van der Waals surface area contributed by atoms with Crippen molar-refractivity contribution in [1.82, 2.24) is 41.5 Å². The summed E-state index contributed by atoms with van der Waals surface area (Å²) in [6, 6.07) is 6.64. The zero-order valence-electron chi connectivity index (χ0n) is 40.8. The van der Waals surface area contributed by atoms with Gasteiger partial charge in [0.15, 0.2) is 5.96 Å². The number of nitrogens with two attached hydrogens (primary N) is 3. The number of aromatic nitrogens is 2. The Morgan fingerprint density at radius 3 is 1.96 bits per heavy atom. The number of imidazole rings is 1. The van der Waals surface area contributed by atoms with Crippen LogP contribution in [0, 0.1) is 11.8 Å². The first kappa shape index (κ1) is 57.8. The minimum Gasteiger partial charge on any atom is -0.508 e. The number of carboxylic acid groups (broad SMARTS) is 2. The van der Waals surface area contributed by atoms with E-state index in [1.54, 1.807) is 63.2 Å². The van der Waals surface area contributed by atoms with Gasteiger partial charge in [0.1, 0.15) is 42.0 Å². The zero-order valence-corrected chi connectivity index (χ0v) is 40.8. The Labute approximate surface area is 412 Å². The monoisotopic (exact) mass is 991 g/mol. The number of amides is 6. The second-order valence-electron chi connectivity index (χ2n) is 17.7. The lowest BCUT2D eigenvalue weighted by Gasteiger charge is -2.32. The highest BCUT2D eigenvalue weighted by Gasteiger charge is 2.41. The van der Waals surface area contributed by atoms with Crippen LogP contribution in [0.2, 0.25) is 0 Å². The van der Waals surface area contributed by atoms with Crippen LogP contribution >= 0.6 is 0 Å². The van der Waals surface area contributed by atoms with Gasteiger partial charge in [0.2, 0.25) is 35.4 Å². The molecule has 4 rings (SSSR count). The van der Waals surface area contributed by atoms with E-state index in [9.17, 15) is 43.8 Å². The van der Waals surface area contributed by atoms with E-state index in [1.165, 1.54) is 29.6 Å². The summed E-state index contributed by atoms with van der Waals surface area (Å²) in [6.07, 6.45) is 4.52. The number of carbonyl (C=O) groups is 8. The molecule has 23 heteroatoms. The van der Waals surface area contributed by atoms with E-state index in [-0.39, 0.29) is 56.9 Å². The van der Waals surface area contributed by atoms with Gasteiger partial charge in [0, 0.05) is 51.2 Å². The van der Waals surface area contributed by atoms with Crippen molar-refractivity contribution in [1.29, 1.82) is 0 Å². The number of guanidine groups is 1. The van der Waals surface area contributed by atoms with Gasteiger partial charge in [-0.2, -0.15) is 0 Å². The zero-order chi connectivity index (χ0) is 52.8. The van der Waals surface area contributed by atoms with Crippen LogP contribution in [-0.4, -0.2) is 139 Å². The van der Waals surface area contributed by atoms with Crippen LogP contribution in [0.15, 0.2) is 72.1 Å². The number of aromatic hydroxyl groups is 1. The van der Waals surface area contributed by atoms with E-state index < -0.39 is 102 Å². The van der Waals surface area contributed by atoms with Gasteiger partial charge in [0.25, 0.3) is 5.97 Å². The fraction of sp³-hybridized carbons (Fsp3) is 0.500. The number of rotatable bonds is 25. The number of hydrogen-bond acceptors (Lipinski definition) is 12. The Balaban J connectivity index is 0.00000320. The molecular formula is C48H70N12O11. The van der Waals surface area contributed by atoms with Gasteiger partial charge in [-0.25, -0.2) is 9.78 Å². The van der Waals surface area contributed by atoms with Crippen LogP contribution in [0.4, 0.5) is 0 Å². The molecule has 2 heterocycles. The molecule has 1 fully saturated rings. The van der Waals surface area contributed by atoms with E-state index in [0.29, 0.717) is 36.1 Å². The molecule has 1 saturated heterocycles. The highest BCUT2D eigenvalue weighted by Crippen LogP contribution is 2.21. The number of hydrogen-bond donors (Lipinski definition) is 12. The highest BCUT2D eigenvalue weighted by atomic mass is 16.4. The van der Waals surface area contributed by atoms with Gasteiger partial charge in [0.05, 0.1) is 12.4 Å². The van der Waals surface area contributed by atoms with Gasteiger partial charge >= 0.3 is 5.97 Å². The smallest absolute Gasteiger partial charge is 0.326 e. The maximum atomic E-state index is 14.5. The fourth-order valence-electron chi connectivity index (χ4n) is 7.64. The molecule has 3 aromatic rings. The predicted octanol–water partition coefficient (Wildman–Crippen LogP) is -0.183. The highest BCUT2D eigenvalue weighted by molar-refractivity contribution is 5.97. The molecule has 6 amide bonds. The Kier molecular flexibility index (Phi) is 23.4. The van der Waals surface area contributed by atoms with Crippen molar-refractivity contribution in [2.24, 2.45) is 34.0 Å². The lowest BCUT2D eigenvalue weighted by Crippen LogP contribution is -2.61. The Hall–Kier alpha value is -7.56. The van der Waals surface area contributed by atoms with Crippen LogP contribution in [-0.2, 0) is 57.6 Å². The fourth-order valence-corrected chi connectivity index (χ4v) is 7.64. The van der Waals surface area contributed by atoms with Crippen LogP contribution in [0.3, 0.4) is 0 Å². The second-order valence-corrected chi connectivity index (χ2v) is 17.7. The van der Waals surface area contributed by atoms with Crippen molar-refractivity contribution < 1.29 is 53.7 Å². The van der Waals surface area contributed by atoms with Crippen LogP contribution in [0.5, 0.6) is 5.75 Å². The SMILES string of the molecule is CC(=O)O.CCC(C)C(NC(=O)C(Cc1ccc(O)cc1)NC(=O)C(NC(=O)C(N)CCCN=C(N)N)C(C)C)C(=O)NC(Cc1cnc[nH]1)C(=O)N1CCCC1C(=O)NC(Cc1ccccc1)C(=O)O. The van der Waals surface area contributed by atoms with Crippen molar-refractivity contribution in [2.45, 2.75) is 128 Å². The minimum atomic E-state index is -1.30. The van der Waals surface area contributed by atoms with Gasteiger partial charge in [-0.1, -0.05) is 76.6 Å².